The van der Waals surface area contributed by atoms with E-state index >= 15 is 0 Å². The predicted molar refractivity (Wildman–Crippen MR) is 150 cm³/mol. The Labute approximate surface area is 236 Å². The Morgan fingerprint density at radius 1 is 1.23 bits per heavy atom. The van der Waals surface area contributed by atoms with Crippen molar-refractivity contribution in [3.63, 3.8) is 0 Å². The minimum absolute atomic E-state index is 0.0486. The summed E-state index contributed by atoms with van der Waals surface area (Å²) in [5.41, 5.74) is 1.52. The van der Waals surface area contributed by atoms with E-state index < -0.39 is 30.1 Å². The van der Waals surface area contributed by atoms with Crippen LogP contribution in [0.2, 0.25) is 0 Å². The van der Waals surface area contributed by atoms with Crippen molar-refractivity contribution in [1.29, 1.82) is 0 Å². The Balaban J connectivity index is 2.01. The number of hydrogen-bond acceptors (Lipinski definition) is 8. The molecule has 0 saturated carbocycles. The molecular formula is C30H44N2O8. The fourth-order valence-corrected chi connectivity index (χ4v) is 5.32. The van der Waals surface area contributed by atoms with Gasteiger partial charge in [-0.05, 0) is 63.3 Å². The zero-order valence-corrected chi connectivity index (χ0v) is 23.8. The predicted octanol–water partition coefficient (Wildman–Crippen LogP) is 2.20. The first kappa shape index (κ1) is 31.6. The zero-order chi connectivity index (χ0) is 29.2. The van der Waals surface area contributed by atoms with Crippen molar-refractivity contribution in [2.75, 3.05) is 33.4 Å². The molecule has 1 aromatic carbocycles. The number of nitrogens with one attached hydrogen (secondary N) is 1. The van der Waals surface area contributed by atoms with E-state index in [9.17, 15) is 24.9 Å². The van der Waals surface area contributed by atoms with Crippen molar-refractivity contribution in [1.82, 2.24) is 10.2 Å². The van der Waals surface area contributed by atoms with Crippen LogP contribution in [0.4, 0.5) is 0 Å². The van der Waals surface area contributed by atoms with Gasteiger partial charge in [0.15, 0.2) is 11.5 Å². The number of aliphatic hydroxyl groups is 3. The Morgan fingerprint density at radius 3 is 2.65 bits per heavy atom. The summed E-state index contributed by atoms with van der Waals surface area (Å²) in [5, 5.41) is 33.5. The topological polar surface area (TPSA) is 138 Å². The maximum Gasteiger partial charge on any atom is 0.247 e. The molecule has 2 aliphatic rings. The van der Waals surface area contributed by atoms with Crippen LogP contribution in [-0.2, 0) is 20.9 Å². The zero-order valence-electron chi connectivity index (χ0n) is 23.8. The molecule has 3 rings (SSSR count). The number of carbonyl (C=O) groups excluding carboxylic acids is 2. The molecular weight excluding hydrogens is 516 g/mol. The van der Waals surface area contributed by atoms with Crippen molar-refractivity contribution in [2.24, 2.45) is 0 Å². The number of ether oxygens (including phenoxy) is 3. The number of aliphatic hydroxyl groups excluding tert-OH is 3. The number of hydrogen-bond donors (Lipinski definition) is 4. The lowest BCUT2D eigenvalue weighted by molar-refractivity contribution is -0.137. The van der Waals surface area contributed by atoms with E-state index in [0.717, 1.165) is 12.8 Å². The second-order valence-electron chi connectivity index (χ2n) is 10.4. The summed E-state index contributed by atoms with van der Waals surface area (Å²) >= 11 is 0. The van der Waals surface area contributed by atoms with Gasteiger partial charge in [0, 0.05) is 37.3 Å². The Kier molecular flexibility index (Phi) is 12.0. The quantitative estimate of drug-likeness (QED) is 0.178. The molecule has 222 valence electrons. The molecule has 1 heterocycles. The van der Waals surface area contributed by atoms with Gasteiger partial charge in [0.05, 0.1) is 38.4 Å². The Bertz CT molecular complexity index is 1060. The summed E-state index contributed by atoms with van der Waals surface area (Å²) in [6.45, 7) is 7.97. The summed E-state index contributed by atoms with van der Waals surface area (Å²) in [4.78, 5) is 28.5. The van der Waals surface area contributed by atoms with Crippen LogP contribution < -0.4 is 14.8 Å². The first-order valence-electron chi connectivity index (χ1n) is 14.1. The molecule has 40 heavy (non-hydrogen) atoms. The third-order valence-corrected chi connectivity index (χ3v) is 7.22. The smallest absolute Gasteiger partial charge is 0.247 e. The van der Waals surface area contributed by atoms with Crippen molar-refractivity contribution < 1.29 is 39.1 Å². The van der Waals surface area contributed by atoms with E-state index in [-0.39, 0.29) is 31.8 Å². The summed E-state index contributed by atoms with van der Waals surface area (Å²) in [6.07, 6.45) is 4.68. The minimum Gasteiger partial charge on any atom is -0.493 e. The largest absolute Gasteiger partial charge is 0.493 e. The second kappa shape index (κ2) is 15.2. The molecule has 1 aromatic rings. The van der Waals surface area contributed by atoms with Crippen LogP contribution >= 0.6 is 0 Å². The Morgan fingerprint density at radius 2 is 2.00 bits per heavy atom. The Hall–Kier alpha value is -2.92. The van der Waals surface area contributed by atoms with Gasteiger partial charge < -0.3 is 39.7 Å². The summed E-state index contributed by atoms with van der Waals surface area (Å²) in [6, 6.07) is 2.58. The van der Waals surface area contributed by atoms with E-state index in [0.29, 0.717) is 60.6 Å². The van der Waals surface area contributed by atoms with Gasteiger partial charge >= 0.3 is 0 Å². The molecule has 10 nitrogen and oxygen atoms in total. The average molecular weight is 561 g/mol. The molecule has 1 aliphatic carbocycles. The maximum atomic E-state index is 13.5. The van der Waals surface area contributed by atoms with Crippen LogP contribution in [0.3, 0.4) is 0 Å². The van der Waals surface area contributed by atoms with Crippen molar-refractivity contribution in [2.45, 2.75) is 82.8 Å². The van der Waals surface area contributed by atoms with Gasteiger partial charge in [-0.15, -0.1) is 6.58 Å². The summed E-state index contributed by atoms with van der Waals surface area (Å²) < 4.78 is 17.5. The molecule has 2 amide bonds. The van der Waals surface area contributed by atoms with E-state index in [4.69, 9.17) is 14.2 Å². The number of fused-ring (bicyclic) bond motifs is 3. The first-order valence-corrected chi connectivity index (χ1v) is 14.1. The van der Waals surface area contributed by atoms with Crippen molar-refractivity contribution in [3.05, 3.63) is 47.6 Å². The molecule has 0 unspecified atom stereocenters. The van der Waals surface area contributed by atoms with Crippen LogP contribution in [0.1, 0.15) is 63.0 Å². The fraction of sp³-hybridized carbons (Fsp3) is 0.600. The lowest BCUT2D eigenvalue weighted by atomic mass is 9.77. The monoisotopic (exact) mass is 560 g/mol. The van der Waals surface area contributed by atoms with Gasteiger partial charge in [-0.25, -0.2) is 0 Å². The first-order chi connectivity index (χ1) is 19.3. The van der Waals surface area contributed by atoms with E-state index in [1.54, 1.807) is 23.1 Å². The fourth-order valence-electron chi connectivity index (χ4n) is 5.32. The summed E-state index contributed by atoms with van der Waals surface area (Å²) in [7, 11) is 1.48. The highest BCUT2D eigenvalue weighted by Gasteiger charge is 2.51. The van der Waals surface area contributed by atoms with Crippen LogP contribution in [-0.4, -0.2) is 89.8 Å². The van der Waals surface area contributed by atoms with Gasteiger partial charge in [-0.2, -0.15) is 0 Å². The molecule has 4 N–H and O–H groups in total. The minimum atomic E-state index is -1.14. The van der Waals surface area contributed by atoms with Crippen LogP contribution in [0.25, 0.3) is 0 Å². The third-order valence-electron chi connectivity index (χ3n) is 7.22. The number of rotatable bonds is 16. The van der Waals surface area contributed by atoms with E-state index in [1.165, 1.54) is 7.11 Å². The maximum absolute atomic E-state index is 13.5. The third kappa shape index (κ3) is 7.42. The SMILES string of the molecule is C=CCCCCC(=O)N(CCCOC(C)C)[C@@H]1C=C(C(=O)NCCO)[C@@H]2c3cc(CO)cc(OC)c3O[C@@H]2[C@H]1O. The molecule has 1 aliphatic heterocycles. The highest BCUT2D eigenvalue weighted by molar-refractivity contribution is 5.96. The molecule has 0 spiro atoms. The number of benzene rings is 1. The van der Waals surface area contributed by atoms with Gasteiger partial charge in [0.1, 0.15) is 12.2 Å². The lowest BCUT2D eigenvalue weighted by Crippen LogP contribution is -2.56. The normalized spacial score (nSPS) is 21.2. The standard InChI is InChI=1S/C30H44N2O8/c1-5-6-7-8-10-25(35)32(12-9-14-39-19(2)3)23-17-22(30(37)31-11-13-33)26-21-15-20(18-34)16-24(38-4)28(21)40-29(26)27(23)36/h5,15-17,19,23,26-27,29,33-34,36H,1,6-14,18H2,2-4H3,(H,31,37)/t23-,26+,27+,29+/m1/s1. The molecule has 0 bridgehead atoms. The second-order valence-corrected chi connectivity index (χ2v) is 10.4. The number of methoxy groups -OCH3 is 1. The van der Waals surface area contributed by atoms with E-state index in [1.807, 2.05) is 19.9 Å². The van der Waals surface area contributed by atoms with E-state index in [2.05, 4.69) is 11.9 Å². The molecule has 0 radical (unpaired) electrons. The highest BCUT2D eigenvalue weighted by atomic mass is 16.5. The van der Waals surface area contributed by atoms with Crippen molar-refractivity contribution >= 4 is 11.8 Å². The molecule has 0 fully saturated rings. The molecule has 0 saturated heterocycles. The molecule has 4 atom stereocenters. The highest BCUT2D eigenvalue weighted by Crippen LogP contribution is 2.51. The van der Waals surface area contributed by atoms with Crippen molar-refractivity contribution in [3.8, 4) is 11.5 Å². The van der Waals surface area contributed by atoms with Gasteiger partial charge in [-0.1, -0.05) is 6.08 Å². The number of carbonyl (C=O) groups is 2. The number of allylic oxidation sites excluding steroid dienone is 1. The molecule has 10 heteroatoms. The molecule has 0 aromatic heterocycles. The van der Waals surface area contributed by atoms with Crippen LogP contribution in [0, 0.1) is 0 Å². The van der Waals surface area contributed by atoms with Gasteiger partial charge in [-0.3, -0.25) is 9.59 Å². The summed E-state index contributed by atoms with van der Waals surface area (Å²) in [5.74, 6) is -0.432. The lowest BCUT2D eigenvalue weighted by Gasteiger charge is -2.41. The number of unbranched alkanes of at least 4 members (excludes halogenated alkanes) is 2. The van der Waals surface area contributed by atoms with Crippen LogP contribution in [0.5, 0.6) is 11.5 Å². The van der Waals surface area contributed by atoms with Gasteiger partial charge in [0.2, 0.25) is 11.8 Å². The van der Waals surface area contributed by atoms with Crippen LogP contribution in [0.15, 0.2) is 36.4 Å². The number of amides is 2. The number of nitrogens with zero attached hydrogens (tertiary/aromatic N) is 1. The van der Waals surface area contributed by atoms with Gasteiger partial charge in [0.25, 0.3) is 0 Å². The average Bonchev–Trinajstić information content (AvgIpc) is 3.34.